The van der Waals surface area contributed by atoms with Gasteiger partial charge < -0.3 is 9.30 Å². The van der Waals surface area contributed by atoms with Gasteiger partial charge in [-0.15, -0.1) is 45.9 Å². The number of para-hydroxylation sites is 1. The Hall–Kier alpha value is -5.84. The molecular weight excluding hydrogens is 780 g/mol. The van der Waals surface area contributed by atoms with Crippen LogP contribution in [0.25, 0.3) is 50.3 Å². The van der Waals surface area contributed by atoms with Gasteiger partial charge in [0, 0.05) is 23.2 Å². The molecule has 0 amide bonds. The van der Waals surface area contributed by atoms with Gasteiger partial charge in [0.15, 0.2) is 5.69 Å². The monoisotopic (exact) mass is 805 g/mol. The van der Waals surface area contributed by atoms with E-state index < -0.39 is 0 Å². The normalized spacial score (nSPS) is 11.0. The number of pyridine rings is 1. The van der Waals surface area contributed by atoms with Gasteiger partial charge in [0.2, 0.25) is 0 Å². The van der Waals surface area contributed by atoms with Crippen LogP contribution in [0.4, 0.5) is 0 Å². The van der Waals surface area contributed by atoms with E-state index in [0.29, 0.717) is 28.6 Å². The van der Waals surface area contributed by atoms with E-state index >= 15 is 0 Å². The van der Waals surface area contributed by atoms with Crippen LogP contribution in [0.2, 0.25) is 0 Å². The largest absolute Gasteiger partial charge is 2.00 e. The predicted molar refractivity (Wildman–Crippen MR) is 179 cm³/mol. The molecule has 0 atom stereocenters. The molecule has 0 aliphatic rings. The Morgan fingerprint density at radius 1 is 0.771 bits per heavy atom. The minimum Gasteiger partial charge on any atom is -0.509 e. The predicted octanol–water partition coefficient (Wildman–Crippen LogP) is 7.80. The van der Waals surface area contributed by atoms with Gasteiger partial charge in [0.05, 0.1) is 5.56 Å². The molecule has 0 fully saturated rings. The summed E-state index contributed by atoms with van der Waals surface area (Å²) in [7, 11) is 0. The van der Waals surface area contributed by atoms with Gasteiger partial charge in [-0.05, 0) is 54.2 Å². The van der Waals surface area contributed by atoms with E-state index in [0.717, 1.165) is 49.9 Å². The van der Waals surface area contributed by atoms with Crippen molar-refractivity contribution in [3.8, 4) is 46.0 Å². The molecule has 0 saturated heterocycles. The number of fused-ring (bicyclic) bond motifs is 3. The summed E-state index contributed by atoms with van der Waals surface area (Å²) in [6.07, 6.45) is 5.00. The van der Waals surface area contributed by atoms with Crippen LogP contribution < -0.4 is 4.74 Å². The molecular formula is C38H26N8OPt. The summed E-state index contributed by atoms with van der Waals surface area (Å²) in [5.74, 6) is 2.44. The quantitative estimate of drug-likeness (QED) is 0.159. The molecule has 0 saturated carbocycles. The summed E-state index contributed by atoms with van der Waals surface area (Å²) < 4.78 is 12.0. The standard InChI is InChI=1S/C38H26N8O.Pt/c1-24-8-10-27(11-9-24)37-33(21-39)43-46(38(37)44-22-41-42-23-44)28-16-26(3)17-30(19-28)47-29-12-13-32-31-6-4-5-7-34(31)45(35(32)20-29)36-18-25(2)14-15-40-36;/h4-18,22-23H,1-3H3;/q-2;+2. The second kappa shape index (κ2) is 12.4. The molecule has 0 aliphatic heterocycles. The minimum atomic E-state index is 0. The molecule has 0 unspecified atom stereocenters. The third-order valence-corrected chi connectivity index (χ3v) is 8.08. The molecule has 0 spiro atoms. The van der Waals surface area contributed by atoms with Gasteiger partial charge in [0.1, 0.15) is 30.4 Å². The number of nitriles is 1. The van der Waals surface area contributed by atoms with Crippen molar-refractivity contribution in [1.82, 2.24) is 34.1 Å². The number of nitrogens with zero attached hydrogens (tertiary/aromatic N) is 8. The first-order chi connectivity index (χ1) is 23.0. The molecule has 10 heteroatoms. The molecule has 8 aromatic rings. The van der Waals surface area contributed by atoms with Gasteiger partial charge in [-0.25, -0.2) is 9.67 Å². The second-order valence-electron chi connectivity index (χ2n) is 11.4. The number of benzene rings is 4. The molecule has 0 bridgehead atoms. The summed E-state index contributed by atoms with van der Waals surface area (Å²) in [5, 5.41) is 25.1. The van der Waals surface area contributed by atoms with Crippen LogP contribution in [0.3, 0.4) is 0 Å². The SMILES string of the molecule is Cc1ccc(-c2c(C#N)nn(-c3[c-]c(Oc4[c-]c5c(cc4)c4ccccc4n5-c4cc(C)ccn4)cc(C)c3)c2-n2cnnc2)cc1.[Pt+2]. The Morgan fingerprint density at radius 2 is 1.56 bits per heavy atom. The van der Waals surface area contributed by atoms with E-state index in [1.54, 1.807) is 21.9 Å². The van der Waals surface area contributed by atoms with Crippen molar-refractivity contribution in [3.05, 3.63) is 138 Å². The molecule has 8 rings (SSSR count). The fourth-order valence-corrected chi connectivity index (χ4v) is 5.95. The van der Waals surface area contributed by atoms with Gasteiger partial charge in [-0.2, -0.15) is 22.0 Å². The minimum absolute atomic E-state index is 0. The molecule has 4 heterocycles. The molecule has 4 aromatic carbocycles. The average molecular weight is 806 g/mol. The molecule has 0 N–H and O–H groups in total. The number of hydrogen-bond acceptors (Lipinski definition) is 6. The smallest absolute Gasteiger partial charge is 0.509 e. The van der Waals surface area contributed by atoms with Crippen molar-refractivity contribution in [2.45, 2.75) is 20.8 Å². The summed E-state index contributed by atoms with van der Waals surface area (Å²) >= 11 is 0. The van der Waals surface area contributed by atoms with E-state index in [1.807, 2.05) is 80.7 Å². The van der Waals surface area contributed by atoms with Crippen molar-refractivity contribution in [3.63, 3.8) is 0 Å². The Bertz CT molecular complexity index is 2490. The maximum Gasteiger partial charge on any atom is 2.00 e. The number of rotatable bonds is 6. The zero-order valence-corrected chi connectivity index (χ0v) is 28.4. The summed E-state index contributed by atoms with van der Waals surface area (Å²) in [6, 6.07) is 37.3. The van der Waals surface area contributed by atoms with E-state index in [4.69, 9.17) is 9.84 Å². The molecule has 234 valence electrons. The average Bonchev–Trinajstić information content (AvgIpc) is 3.81. The fourth-order valence-electron chi connectivity index (χ4n) is 5.95. The Morgan fingerprint density at radius 3 is 2.33 bits per heavy atom. The third kappa shape index (κ3) is 5.36. The summed E-state index contributed by atoms with van der Waals surface area (Å²) in [5.41, 5.74) is 7.44. The third-order valence-electron chi connectivity index (χ3n) is 8.08. The number of aryl methyl sites for hydroxylation is 3. The van der Waals surface area contributed by atoms with Crippen molar-refractivity contribution < 1.29 is 25.8 Å². The van der Waals surface area contributed by atoms with E-state index in [1.165, 1.54) is 0 Å². The molecule has 0 radical (unpaired) electrons. The maximum absolute atomic E-state index is 10.2. The molecule has 0 aliphatic carbocycles. The number of aromatic nitrogens is 7. The summed E-state index contributed by atoms with van der Waals surface area (Å²) in [6.45, 7) is 6.06. The van der Waals surface area contributed by atoms with Gasteiger partial charge in [-0.1, -0.05) is 60.5 Å². The first kappa shape index (κ1) is 30.8. The van der Waals surface area contributed by atoms with Crippen LogP contribution in [-0.2, 0) is 21.1 Å². The number of ether oxygens (including phenoxy) is 1. The van der Waals surface area contributed by atoms with E-state index in [2.05, 4.69) is 69.1 Å². The van der Waals surface area contributed by atoms with Crippen molar-refractivity contribution in [1.29, 1.82) is 5.26 Å². The number of hydrogen-bond donors (Lipinski definition) is 0. The van der Waals surface area contributed by atoms with Gasteiger partial charge >= 0.3 is 21.1 Å². The van der Waals surface area contributed by atoms with Crippen LogP contribution >= 0.6 is 0 Å². The molecule has 48 heavy (non-hydrogen) atoms. The van der Waals surface area contributed by atoms with E-state index in [-0.39, 0.29) is 26.8 Å². The zero-order chi connectivity index (χ0) is 32.1. The van der Waals surface area contributed by atoms with Crippen molar-refractivity contribution in [2.24, 2.45) is 0 Å². The zero-order valence-electron chi connectivity index (χ0n) is 26.1. The van der Waals surface area contributed by atoms with Gasteiger partial charge in [-0.3, -0.25) is 4.57 Å². The van der Waals surface area contributed by atoms with Gasteiger partial charge in [0.25, 0.3) is 0 Å². The molecule has 4 aromatic heterocycles. The summed E-state index contributed by atoms with van der Waals surface area (Å²) in [4.78, 5) is 4.68. The van der Waals surface area contributed by atoms with Crippen LogP contribution in [0.15, 0.2) is 104 Å². The first-order valence-electron chi connectivity index (χ1n) is 15.0. The van der Waals surface area contributed by atoms with Crippen LogP contribution in [0.1, 0.15) is 22.4 Å². The molecule has 9 nitrogen and oxygen atoms in total. The fraction of sp³-hybridized carbons (Fsp3) is 0.0789. The topological polar surface area (TPSA) is 99.4 Å². The van der Waals surface area contributed by atoms with Crippen LogP contribution in [0.5, 0.6) is 11.5 Å². The Labute approximate surface area is 291 Å². The Balaban J connectivity index is 0.00000364. The van der Waals surface area contributed by atoms with Crippen LogP contribution in [-0.4, -0.2) is 34.1 Å². The van der Waals surface area contributed by atoms with Crippen molar-refractivity contribution >= 4 is 21.8 Å². The van der Waals surface area contributed by atoms with Crippen molar-refractivity contribution in [2.75, 3.05) is 0 Å². The maximum atomic E-state index is 10.2. The van der Waals surface area contributed by atoms with Crippen LogP contribution in [0, 0.1) is 44.2 Å². The Kier molecular flexibility index (Phi) is 7.96. The second-order valence-corrected chi connectivity index (χ2v) is 11.4. The first-order valence-corrected chi connectivity index (χ1v) is 15.0. The van der Waals surface area contributed by atoms with E-state index in [9.17, 15) is 5.26 Å².